The summed E-state index contributed by atoms with van der Waals surface area (Å²) >= 11 is 0. The van der Waals surface area contributed by atoms with Crippen LogP contribution < -0.4 is 9.47 Å². The average Bonchev–Trinajstić information content (AvgIpc) is 2.72. The first kappa shape index (κ1) is 24.9. The number of unbranched alkanes of at least 4 members (excludes halogenated alkanes) is 10. The van der Waals surface area contributed by atoms with E-state index in [1.54, 1.807) is 6.07 Å². The van der Waals surface area contributed by atoms with Crippen LogP contribution in [0.15, 0.2) is 12.1 Å². The van der Waals surface area contributed by atoms with E-state index in [1.165, 1.54) is 51.0 Å². The fourth-order valence-electron chi connectivity index (χ4n) is 3.23. The first-order chi connectivity index (χ1) is 14.2. The first-order valence-corrected chi connectivity index (χ1v) is 11.2. The minimum atomic E-state index is -0.558. The average molecular weight is 408 g/mol. The zero-order chi connectivity index (χ0) is 21.3. The zero-order valence-corrected chi connectivity index (χ0v) is 18.1. The van der Waals surface area contributed by atoms with Gasteiger partial charge in [-0.2, -0.15) is 0 Å². The summed E-state index contributed by atoms with van der Waals surface area (Å²) in [4.78, 5) is 22.2. The molecule has 6 heteroatoms. The molecular formula is C23H37NO5. The number of carbonyl (C=O) groups excluding carboxylic acids is 1. The molecule has 1 aromatic carbocycles. The second-order valence-corrected chi connectivity index (χ2v) is 7.44. The van der Waals surface area contributed by atoms with Crippen LogP contribution in [-0.2, 0) is 0 Å². The van der Waals surface area contributed by atoms with Crippen molar-refractivity contribution in [3.05, 3.63) is 27.8 Å². The van der Waals surface area contributed by atoms with Crippen LogP contribution in [0.5, 0.6) is 11.5 Å². The summed E-state index contributed by atoms with van der Waals surface area (Å²) in [6.45, 7) is 5.22. The van der Waals surface area contributed by atoms with Gasteiger partial charge in [-0.3, -0.25) is 14.9 Å². The first-order valence-electron chi connectivity index (χ1n) is 11.2. The van der Waals surface area contributed by atoms with Crippen molar-refractivity contribution in [1.29, 1.82) is 0 Å². The number of benzene rings is 1. The van der Waals surface area contributed by atoms with E-state index in [0.717, 1.165) is 32.1 Å². The molecule has 1 rings (SSSR count). The van der Waals surface area contributed by atoms with Gasteiger partial charge in [-0.25, -0.2) is 0 Å². The van der Waals surface area contributed by atoms with Gasteiger partial charge in [-0.05, 0) is 25.0 Å². The van der Waals surface area contributed by atoms with Crippen LogP contribution in [0.3, 0.4) is 0 Å². The van der Waals surface area contributed by atoms with Crippen molar-refractivity contribution in [3.63, 3.8) is 0 Å². The number of aldehydes is 1. The van der Waals surface area contributed by atoms with E-state index in [4.69, 9.17) is 9.47 Å². The van der Waals surface area contributed by atoms with E-state index in [-0.39, 0.29) is 17.0 Å². The van der Waals surface area contributed by atoms with Crippen molar-refractivity contribution in [2.24, 2.45) is 0 Å². The standard InChI is InChI=1S/C23H37NO5/c1-3-5-7-9-11-13-17-28-21-16-15-20(19-25)22(24(26)27)23(21)29-18-14-12-10-8-6-4-2/h15-16,19H,3-14,17-18H2,1-2H3. The quantitative estimate of drug-likeness (QED) is 0.115. The van der Waals surface area contributed by atoms with E-state index in [2.05, 4.69) is 13.8 Å². The number of nitro groups is 1. The van der Waals surface area contributed by atoms with Gasteiger partial charge in [0, 0.05) is 0 Å². The summed E-state index contributed by atoms with van der Waals surface area (Å²) in [6.07, 6.45) is 13.9. The lowest BCUT2D eigenvalue weighted by molar-refractivity contribution is -0.386. The molecule has 0 fully saturated rings. The molecule has 0 unspecified atom stereocenters. The molecule has 0 saturated carbocycles. The lowest BCUT2D eigenvalue weighted by atomic mass is 10.1. The van der Waals surface area contributed by atoms with E-state index in [1.807, 2.05) is 0 Å². The van der Waals surface area contributed by atoms with Crippen LogP contribution in [0.4, 0.5) is 5.69 Å². The van der Waals surface area contributed by atoms with Crippen LogP contribution in [0.1, 0.15) is 101 Å². The predicted molar refractivity (Wildman–Crippen MR) is 116 cm³/mol. The van der Waals surface area contributed by atoms with Gasteiger partial charge >= 0.3 is 5.69 Å². The molecule has 0 aliphatic carbocycles. The third-order valence-corrected chi connectivity index (χ3v) is 4.94. The monoisotopic (exact) mass is 407 g/mol. The third kappa shape index (κ3) is 9.77. The van der Waals surface area contributed by atoms with Gasteiger partial charge < -0.3 is 9.47 Å². The van der Waals surface area contributed by atoms with Gasteiger partial charge in [0.2, 0.25) is 5.75 Å². The maximum atomic E-state index is 11.5. The Morgan fingerprint density at radius 3 is 1.86 bits per heavy atom. The third-order valence-electron chi connectivity index (χ3n) is 4.94. The van der Waals surface area contributed by atoms with Crippen molar-refractivity contribution in [2.45, 2.75) is 90.9 Å². The Labute approximate surface area is 175 Å². The Hall–Kier alpha value is -2.11. The van der Waals surface area contributed by atoms with Gasteiger partial charge in [-0.1, -0.05) is 78.1 Å². The smallest absolute Gasteiger partial charge is 0.325 e. The molecule has 0 aliphatic rings. The summed E-state index contributed by atoms with van der Waals surface area (Å²) in [5.74, 6) is 0.431. The Kier molecular flexibility index (Phi) is 13.6. The topological polar surface area (TPSA) is 78.7 Å². The van der Waals surface area contributed by atoms with Crippen LogP contribution in [0.2, 0.25) is 0 Å². The molecule has 0 aliphatic heterocycles. The molecule has 164 valence electrons. The number of carbonyl (C=O) groups is 1. The normalized spacial score (nSPS) is 10.7. The highest BCUT2D eigenvalue weighted by Gasteiger charge is 2.25. The van der Waals surface area contributed by atoms with Crippen molar-refractivity contribution >= 4 is 12.0 Å². The van der Waals surface area contributed by atoms with E-state index < -0.39 is 4.92 Å². The summed E-state index contributed by atoms with van der Waals surface area (Å²) in [7, 11) is 0. The molecule has 0 atom stereocenters. The maximum absolute atomic E-state index is 11.5. The zero-order valence-electron chi connectivity index (χ0n) is 18.1. The van der Waals surface area contributed by atoms with Gasteiger partial charge in [0.15, 0.2) is 12.0 Å². The number of nitro benzene ring substituents is 1. The number of rotatable bonds is 18. The van der Waals surface area contributed by atoms with Crippen LogP contribution in [0, 0.1) is 10.1 Å². The summed E-state index contributed by atoms with van der Waals surface area (Å²) in [6, 6.07) is 3.03. The highest BCUT2D eigenvalue weighted by Crippen LogP contribution is 2.39. The van der Waals surface area contributed by atoms with Gasteiger partial charge in [0.1, 0.15) is 0 Å². The summed E-state index contributed by atoms with van der Waals surface area (Å²) < 4.78 is 11.6. The minimum Gasteiger partial charge on any atom is -0.489 e. The second kappa shape index (κ2) is 15.8. The molecule has 0 N–H and O–H groups in total. The SMILES string of the molecule is CCCCCCCCOc1ccc(C=O)c([N+](=O)[O-])c1OCCCCCCCC. The van der Waals surface area contributed by atoms with Crippen LogP contribution in [0.25, 0.3) is 0 Å². The number of hydrogen-bond acceptors (Lipinski definition) is 5. The highest BCUT2D eigenvalue weighted by molar-refractivity contribution is 5.85. The molecular weight excluding hydrogens is 370 g/mol. The number of hydrogen-bond donors (Lipinski definition) is 0. The molecule has 0 aromatic heterocycles. The molecule has 0 saturated heterocycles. The predicted octanol–water partition coefficient (Wildman–Crippen LogP) is 6.89. The molecule has 0 heterocycles. The van der Waals surface area contributed by atoms with E-state index >= 15 is 0 Å². The molecule has 0 spiro atoms. The molecule has 1 aromatic rings. The lowest BCUT2D eigenvalue weighted by Gasteiger charge is -2.14. The molecule has 6 nitrogen and oxygen atoms in total. The maximum Gasteiger partial charge on any atom is 0.325 e. The van der Waals surface area contributed by atoms with E-state index in [9.17, 15) is 14.9 Å². The Balaban J connectivity index is 2.67. The van der Waals surface area contributed by atoms with Crippen molar-refractivity contribution in [3.8, 4) is 11.5 Å². The van der Waals surface area contributed by atoms with Crippen molar-refractivity contribution in [2.75, 3.05) is 13.2 Å². The molecule has 0 bridgehead atoms. The number of ether oxygens (including phenoxy) is 2. The second-order valence-electron chi connectivity index (χ2n) is 7.44. The lowest BCUT2D eigenvalue weighted by Crippen LogP contribution is -2.07. The van der Waals surface area contributed by atoms with E-state index in [0.29, 0.717) is 25.2 Å². The number of nitrogens with zero attached hydrogens (tertiary/aromatic N) is 1. The molecule has 0 radical (unpaired) electrons. The molecule has 29 heavy (non-hydrogen) atoms. The minimum absolute atomic E-state index is 0.0138. The fraction of sp³-hybridized carbons (Fsp3) is 0.696. The largest absolute Gasteiger partial charge is 0.489 e. The Morgan fingerprint density at radius 1 is 0.828 bits per heavy atom. The van der Waals surface area contributed by atoms with Crippen molar-refractivity contribution in [1.82, 2.24) is 0 Å². The summed E-state index contributed by atoms with van der Waals surface area (Å²) in [5.41, 5.74) is -0.286. The summed E-state index contributed by atoms with van der Waals surface area (Å²) in [5, 5.41) is 11.5. The fourth-order valence-corrected chi connectivity index (χ4v) is 3.23. The van der Waals surface area contributed by atoms with Crippen molar-refractivity contribution < 1.29 is 19.2 Å². The Bertz CT molecular complexity index is 603. The highest BCUT2D eigenvalue weighted by atomic mass is 16.6. The Morgan fingerprint density at radius 2 is 1.34 bits per heavy atom. The van der Waals surface area contributed by atoms with Crippen LogP contribution in [-0.4, -0.2) is 24.4 Å². The van der Waals surface area contributed by atoms with Gasteiger partial charge in [0.05, 0.1) is 23.7 Å². The van der Waals surface area contributed by atoms with Gasteiger partial charge in [-0.15, -0.1) is 0 Å². The molecule has 0 amide bonds. The van der Waals surface area contributed by atoms with Gasteiger partial charge in [0.25, 0.3) is 0 Å². The van der Waals surface area contributed by atoms with Crippen LogP contribution >= 0.6 is 0 Å².